The van der Waals surface area contributed by atoms with Crippen molar-refractivity contribution in [1.82, 2.24) is 0 Å². The third-order valence-electron chi connectivity index (χ3n) is 4.81. The van der Waals surface area contributed by atoms with Gasteiger partial charge in [0.05, 0.1) is 6.61 Å². The highest BCUT2D eigenvalue weighted by Crippen LogP contribution is 2.36. The van der Waals surface area contributed by atoms with Gasteiger partial charge >= 0.3 is 5.97 Å². The van der Waals surface area contributed by atoms with Gasteiger partial charge in [-0.2, -0.15) is 4.57 Å². The second-order valence-corrected chi connectivity index (χ2v) is 7.77. The fourth-order valence-corrected chi connectivity index (χ4v) is 4.02. The SMILES string of the molecule is CCOC(=O)c1c(-c2ccc(C)cc2)csc1NC(=O)C[n+]1cccc(C)c1C. The zero-order valence-corrected chi connectivity index (χ0v) is 17.9. The van der Waals surface area contributed by atoms with Gasteiger partial charge in [-0.15, -0.1) is 11.3 Å². The zero-order valence-electron chi connectivity index (χ0n) is 17.1. The second-order valence-electron chi connectivity index (χ2n) is 6.89. The molecule has 2 heterocycles. The van der Waals surface area contributed by atoms with E-state index in [2.05, 4.69) is 5.32 Å². The standard InChI is InChI=1S/C23H24N2O3S/c1-5-28-23(27)21-19(18-10-8-15(2)9-11-18)14-29-22(21)24-20(26)13-25-12-6-7-16(3)17(25)4/h6-12,14H,5,13H2,1-4H3/p+1. The smallest absolute Gasteiger partial charge is 0.341 e. The molecular weight excluding hydrogens is 384 g/mol. The molecule has 0 aliphatic carbocycles. The highest BCUT2D eigenvalue weighted by atomic mass is 32.1. The summed E-state index contributed by atoms with van der Waals surface area (Å²) >= 11 is 1.33. The molecule has 0 bridgehead atoms. The van der Waals surface area contributed by atoms with Crippen LogP contribution in [0.4, 0.5) is 5.00 Å². The first kappa shape index (κ1) is 20.7. The number of thiophene rings is 1. The van der Waals surface area contributed by atoms with E-state index in [1.807, 2.05) is 73.3 Å². The first-order chi connectivity index (χ1) is 13.9. The molecule has 2 aromatic heterocycles. The summed E-state index contributed by atoms with van der Waals surface area (Å²) in [7, 11) is 0. The first-order valence-electron chi connectivity index (χ1n) is 9.51. The monoisotopic (exact) mass is 409 g/mol. The number of esters is 1. The van der Waals surface area contributed by atoms with Crippen LogP contribution in [-0.4, -0.2) is 18.5 Å². The predicted octanol–water partition coefficient (Wildman–Crippen LogP) is 4.44. The molecule has 0 unspecified atom stereocenters. The van der Waals surface area contributed by atoms with Gasteiger partial charge in [-0.25, -0.2) is 4.79 Å². The van der Waals surface area contributed by atoms with E-state index in [0.29, 0.717) is 10.6 Å². The molecule has 0 fully saturated rings. The number of hydrogen-bond donors (Lipinski definition) is 1. The summed E-state index contributed by atoms with van der Waals surface area (Å²) in [4.78, 5) is 25.3. The lowest BCUT2D eigenvalue weighted by molar-refractivity contribution is -0.690. The summed E-state index contributed by atoms with van der Waals surface area (Å²) in [6.07, 6.45) is 1.88. The minimum Gasteiger partial charge on any atom is -0.462 e. The summed E-state index contributed by atoms with van der Waals surface area (Å²) in [5.41, 5.74) is 5.37. The summed E-state index contributed by atoms with van der Waals surface area (Å²) in [6, 6.07) is 11.9. The van der Waals surface area contributed by atoms with Gasteiger partial charge in [0.2, 0.25) is 6.54 Å². The molecule has 0 saturated heterocycles. The molecule has 6 heteroatoms. The minimum atomic E-state index is -0.431. The molecule has 1 aromatic carbocycles. The number of ether oxygens (including phenoxy) is 1. The highest BCUT2D eigenvalue weighted by Gasteiger charge is 2.24. The van der Waals surface area contributed by atoms with Crippen molar-refractivity contribution in [1.29, 1.82) is 0 Å². The van der Waals surface area contributed by atoms with Crippen molar-refractivity contribution >= 4 is 28.2 Å². The van der Waals surface area contributed by atoms with Crippen LogP contribution in [0.15, 0.2) is 48.0 Å². The third kappa shape index (κ3) is 4.71. The Morgan fingerprint density at radius 2 is 1.83 bits per heavy atom. The van der Waals surface area contributed by atoms with E-state index in [0.717, 1.165) is 27.9 Å². The molecular formula is C23H25N2O3S+. The Kier molecular flexibility index (Phi) is 6.44. The first-order valence-corrected chi connectivity index (χ1v) is 10.4. The fraction of sp³-hybridized carbons (Fsp3) is 0.261. The van der Waals surface area contributed by atoms with Crippen LogP contribution in [0.2, 0.25) is 0 Å². The van der Waals surface area contributed by atoms with Crippen LogP contribution < -0.4 is 9.88 Å². The van der Waals surface area contributed by atoms with Crippen molar-refractivity contribution < 1.29 is 18.9 Å². The Labute approximate surface area is 175 Å². The predicted molar refractivity (Wildman–Crippen MR) is 115 cm³/mol. The maximum Gasteiger partial charge on any atom is 0.341 e. The summed E-state index contributed by atoms with van der Waals surface area (Å²) in [5, 5.41) is 5.30. The number of nitrogens with zero attached hydrogens (tertiary/aromatic N) is 1. The van der Waals surface area contributed by atoms with Gasteiger partial charge in [0, 0.05) is 29.5 Å². The average Bonchev–Trinajstić information content (AvgIpc) is 3.09. The van der Waals surface area contributed by atoms with Crippen LogP contribution in [0.25, 0.3) is 11.1 Å². The zero-order chi connectivity index (χ0) is 21.0. The molecule has 1 amide bonds. The Morgan fingerprint density at radius 3 is 2.52 bits per heavy atom. The van der Waals surface area contributed by atoms with Crippen molar-refractivity contribution in [3.8, 4) is 11.1 Å². The van der Waals surface area contributed by atoms with Crippen molar-refractivity contribution in [2.45, 2.75) is 34.2 Å². The Balaban J connectivity index is 1.90. The van der Waals surface area contributed by atoms with E-state index in [4.69, 9.17) is 4.74 Å². The number of nitrogens with one attached hydrogen (secondary N) is 1. The third-order valence-corrected chi connectivity index (χ3v) is 5.71. The van der Waals surface area contributed by atoms with Crippen molar-refractivity contribution in [2.24, 2.45) is 0 Å². The normalized spacial score (nSPS) is 10.6. The number of benzene rings is 1. The van der Waals surface area contributed by atoms with E-state index in [1.165, 1.54) is 11.3 Å². The number of anilines is 1. The molecule has 150 valence electrons. The van der Waals surface area contributed by atoms with Crippen molar-refractivity contribution in [3.05, 3.63) is 70.4 Å². The van der Waals surface area contributed by atoms with Crippen molar-refractivity contribution in [2.75, 3.05) is 11.9 Å². The van der Waals surface area contributed by atoms with Crippen LogP contribution in [-0.2, 0) is 16.1 Å². The number of hydrogen-bond acceptors (Lipinski definition) is 4. The van der Waals surface area contributed by atoms with Gasteiger partial charge in [-0.3, -0.25) is 4.79 Å². The molecule has 29 heavy (non-hydrogen) atoms. The van der Waals surface area contributed by atoms with E-state index in [1.54, 1.807) is 6.92 Å². The number of aromatic nitrogens is 1. The number of carbonyl (C=O) groups is 2. The second kappa shape index (κ2) is 9.01. The largest absolute Gasteiger partial charge is 0.462 e. The van der Waals surface area contributed by atoms with Gasteiger partial charge in [-0.1, -0.05) is 29.8 Å². The van der Waals surface area contributed by atoms with E-state index in [-0.39, 0.29) is 19.1 Å². The summed E-state index contributed by atoms with van der Waals surface area (Å²) < 4.78 is 7.15. The van der Waals surface area contributed by atoms with Gasteiger partial charge in [0.15, 0.2) is 11.9 Å². The minimum absolute atomic E-state index is 0.174. The lowest BCUT2D eigenvalue weighted by atomic mass is 10.0. The van der Waals surface area contributed by atoms with Crippen LogP contribution >= 0.6 is 11.3 Å². The van der Waals surface area contributed by atoms with E-state index < -0.39 is 5.97 Å². The van der Waals surface area contributed by atoms with E-state index >= 15 is 0 Å². The number of carbonyl (C=O) groups excluding carboxylic acids is 2. The highest BCUT2D eigenvalue weighted by molar-refractivity contribution is 7.15. The molecule has 0 aliphatic rings. The Hall–Kier alpha value is -2.99. The maximum atomic E-state index is 12.7. The Morgan fingerprint density at radius 1 is 1.10 bits per heavy atom. The van der Waals surface area contributed by atoms with Gasteiger partial charge in [0.25, 0.3) is 5.91 Å². The fourth-order valence-electron chi connectivity index (χ4n) is 3.04. The number of pyridine rings is 1. The molecule has 3 aromatic rings. The van der Waals surface area contributed by atoms with Crippen molar-refractivity contribution in [3.63, 3.8) is 0 Å². The van der Waals surface area contributed by atoms with Crippen LogP contribution in [0.1, 0.15) is 34.1 Å². The topological polar surface area (TPSA) is 59.3 Å². The Bertz CT molecular complexity index is 1040. The number of rotatable bonds is 6. The molecule has 3 rings (SSSR count). The summed E-state index contributed by atoms with van der Waals surface area (Å²) in [6.45, 7) is 8.22. The van der Waals surface area contributed by atoms with Crippen LogP contribution in [0.3, 0.4) is 0 Å². The van der Waals surface area contributed by atoms with Gasteiger partial charge < -0.3 is 10.1 Å². The average molecular weight is 410 g/mol. The molecule has 0 spiro atoms. The lowest BCUT2D eigenvalue weighted by Gasteiger charge is -2.09. The quantitative estimate of drug-likeness (QED) is 0.484. The van der Waals surface area contributed by atoms with E-state index in [9.17, 15) is 9.59 Å². The molecule has 1 N–H and O–H groups in total. The maximum absolute atomic E-state index is 12.7. The molecule has 5 nitrogen and oxygen atoms in total. The number of aryl methyl sites for hydroxylation is 2. The van der Waals surface area contributed by atoms with Crippen LogP contribution in [0.5, 0.6) is 0 Å². The lowest BCUT2D eigenvalue weighted by Crippen LogP contribution is -2.43. The molecule has 0 radical (unpaired) electrons. The summed E-state index contributed by atoms with van der Waals surface area (Å²) in [5.74, 6) is -0.620. The molecule has 0 saturated carbocycles. The molecule has 0 aliphatic heterocycles. The van der Waals surface area contributed by atoms with Gasteiger partial charge in [-0.05, 0) is 32.4 Å². The molecule has 0 atom stereocenters. The number of amides is 1. The van der Waals surface area contributed by atoms with Crippen LogP contribution in [0, 0.1) is 20.8 Å². The van der Waals surface area contributed by atoms with Gasteiger partial charge in [0.1, 0.15) is 10.6 Å².